The highest BCUT2D eigenvalue weighted by Gasteiger charge is 2.24. The van der Waals surface area contributed by atoms with E-state index >= 15 is 0 Å². The van der Waals surface area contributed by atoms with Gasteiger partial charge in [-0.3, -0.25) is 4.57 Å². The number of hydrogen-bond donors (Lipinski definition) is 0. The van der Waals surface area contributed by atoms with Gasteiger partial charge < -0.3 is 9.13 Å². The fourth-order valence-corrected chi connectivity index (χ4v) is 11.5. The standard InChI is InChI=1S/C64H42N4/c1-41-65-56-35-17-34-53(64(56)66(41)42-20-5-2-6-21-42)61-49-30-15-28-45(47-32-18-38-59-62(47)51-26-11-13-36-57(51)67(59)43-22-7-3-8-23-43)54(49)40-55-46(29-16-31-50(55)61)48-33-19-39-60-63(48)52-27-12-14-37-58(52)68(60)44-24-9-4-10-25-44/h2-40H,1H3. The van der Waals surface area contributed by atoms with Crippen molar-refractivity contribution in [2.45, 2.75) is 6.92 Å². The van der Waals surface area contributed by atoms with Crippen molar-refractivity contribution in [1.82, 2.24) is 18.7 Å². The second-order valence-corrected chi connectivity index (χ2v) is 17.8. The minimum atomic E-state index is 0.951. The Morgan fingerprint density at radius 1 is 0.294 bits per heavy atom. The Balaban J connectivity index is 1.14. The number of hydrogen-bond acceptors (Lipinski definition) is 1. The van der Waals surface area contributed by atoms with Gasteiger partial charge in [0.15, 0.2) is 0 Å². The lowest BCUT2D eigenvalue weighted by Gasteiger charge is -2.19. The largest absolute Gasteiger partial charge is 0.309 e. The summed E-state index contributed by atoms with van der Waals surface area (Å²) in [6, 6.07) is 86.5. The average Bonchev–Trinajstić information content (AvgIpc) is 4.05. The summed E-state index contributed by atoms with van der Waals surface area (Å²) in [5, 5.41) is 9.74. The van der Waals surface area contributed by atoms with Gasteiger partial charge in [0.05, 0.1) is 33.1 Å². The molecule has 0 amide bonds. The van der Waals surface area contributed by atoms with Crippen LogP contribution in [0.1, 0.15) is 5.82 Å². The maximum Gasteiger partial charge on any atom is 0.111 e. The van der Waals surface area contributed by atoms with E-state index in [0.717, 1.165) is 39.5 Å². The van der Waals surface area contributed by atoms with Crippen LogP contribution in [0.4, 0.5) is 0 Å². The molecule has 0 atom stereocenters. The lowest BCUT2D eigenvalue weighted by atomic mass is 9.85. The molecule has 318 valence electrons. The monoisotopic (exact) mass is 866 g/mol. The first-order chi connectivity index (χ1) is 33.7. The van der Waals surface area contributed by atoms with E-state index in [4.69, 9.17) is 4.98 Å². The van der Waals surface area contributed by atoms with E-state index in [1.165, 1.54) is 93.0 Å². The van der Waals surface area contributed by atoms with Gasteiger partial charge in [0.1, 0.15) is 5.82 Å². The molecule has 11 aromatic carbocycles. The third-order valence-electron chi connectivity index (χ3n) is 14.2. The van der Waals surface area contributed by atoms with Crippen LogP contribution >= 0.6 is 0 Å². The molecule has 0 radical (unpaired) electrons. The highest BCUT2D eigenvalue weighted by atomic mass is 15.1. The zero-order valence-electron chi connectivity index (χ0n) is 37.3. The van der Waals surface area contributed by atoms with Gasteiger partial charge in [0.25, 0.3) is 0 Å². The molecule has 0 aliphatic heterocycles. The van der Waals surface area contributed by atoms with Gasteiger partial charge in [-0.1, -0.05) is 164 Å². The number of benzene rings is 11. The summed E-state index contributed by atoms with van der Waals surface area (Å²) < 4.78 is 7.17. The van der Waals surface area contributed by atoms with E-state index in [9.17, 15) is 0 Å². The maximum absolute atomic E-state index is 5.21. The van der Waals surface area contributed by atoms with Gasteiger partial charge in [-0.05, 0) is 129 Å². The van der Waals surface area contributed by atoms with Crippen molar-refractivity contribution in [3.8, 4) is 50.4 Å². The second-order valence-electron chi connectivity index (χ2n) is 17.8. The van der Waals surface area contributed by atoms with Crippen LogP contribution in [0.15, 0.2) is 237 Å². The number of aryl methyl sites for hydroxylation is 1. The molecule has 0 fully saturated rings. The topological polar surface area (TPSA) is 27.7 Å². The van der Waals surface area contributed by atoms with Crippen LogP contribution in [-0.2, 0) is 0 Å². The first-order valence-electron chi connectivity index (χ1n) is 23.4. The van der Waals surface area contributed by atoms with Crippen molar-refractivity contribution in [3.05, 3.63) is 242 Å². The fraction of sp³-hybridized carbons (Fsp3) is 0.0156. The Hall–Kier alpha value is -8.99. The van der Waals surface area contributed by atoms with Crippen LogP contribution in [0.5, 0.6) is 0 Å². The fourth-order valence-electron chi connectivity index (χ4n) is 11.5. The van der Waals surface area contributed by atoms with Gasteiger partial charge in [-0.15, -0.1) is 0 Å². The molecule has 0 N–H and O–H groups in total. The summed E-state index contributed by atoms with van der Waals surface area (Å²) in [5.74, 6) is 0.951. The van der Waals surface area contributed by atoms with E-state index in [0.29, 0.717) is 0 Å². The summed E-state index contributed by atoms with van der Waals surface area (Å²) in [4.78, 5) is 5.21. The zero-order chi connectivity index (χ0) is 44.9. The highest BCUT2D eigenvalue weighted by Crippen LogP contribution is 2.49. The number of rotatable bonds is 6. The smallest absolute Gasteiger partial charge is 0.111 e. The quantitative estimate of drug-likeness (QED) is 0.153. The number of fused-ring (bicyclic) bond motifs is 9. The minimum Gasteiger partial charge on any atom is -0.309 e. The number of imidazole rings is 1. The molecule has 0 spiro atoms. The van der Waals surface area contributed by atoms with Crippen molar-refractivity contribution in [3.63, 3.8) is 0 Å². The van der Waals surface area contributed by atoms with Crippen LogP contribution in [0.2, 0.25) is 0 Å². The van der Waals surface area contributed by atoms with Crippen LogP contribution < -0.4 is 0 Å². The maximum atomic E-state index is 5.21. The van der Waals surface area contributed by atoms with E-state index in [2.05, 4.69) is 257 Å². The van der Waals surface area contributed by atoms with E-state index < -0.39 is 0 Å². The van der Waals surface area contributed by atoms with Gasteiger partial charge >= 0.3 is 0 Å². The summed E-state index contributed by atoms with van der Waals surface area (Å²) >= 11 is 0. The van der Waals surface area contributed by atoms with Crippen LogP contribution in [0, 0.1) is 6.92 Å². The Kier molecular flexibility index (Phi) is 8.46. The first-order valence-corrected chi connectivity index (χ1v) is 23.4. The summed E-state index contributed by atoms with van der Waals surface area (Å²) in [7, 11) is 0. The van der Waals surface area contributed by atoms with Gasteiger partial charge in [0.2, 0.25) is 0 Å². The Labute approximate surface area is 392 Å². The summed E-state index contributed by atoms with van der Waals surface area (Å²) in [6.07, 6.45) is 0. The minimum absolute atomic E-state index is 0.951. The molecule has 14 aromatic rings. The van der Waals surface area contributed by atoms with E-state index in [1.807, 2.05) is 0 Å². The molecule has 14 rings (SSSR count). The lowest BCUT2D eigenvalue weighted by Crippen LogP contribution is -1.98. The van der Waals surface area contributed by atoms with Crippen molar-refractivity contribution in [1.29, 1.82) is 0 Å². The third-order valence-corrected chi connectivity index (χ3v) is 14.2. The predicted molar refractivity (Wildman–Crippen MR) is 286 cm³/mol. The number of aromatic nitrogens is 4. The molecule has 3 aromatic heterocycles. The highest BCUT2D eigenvalue weighted by molar-refractivity contribution is 6.26. The summed E-state index contributed by atoms with van der Waals surface area (Å²) in [6.45, 7) is 2.12. The van der Waals surface area contributed by atoms with Gasteiger partial charge in [0, 0.05) is 44.2 Å². The van der Waals surface area contributed by atoms with Crippen LogP contribution in [0.3, 0.4) is 0 Å². The number of para-hydroxylation sites is 6. The molecule has 4 heteroatoms. The molecule has 0 saturated heterocycles. The molecular formula is C64H42N4. The lowest BCUT2D eigenvalue weighted by molar-refractivity contribution is 1.00. The molecule has 0 unspecified atom stereocenters. The molecule has 0 aliphatic carbocycles. The van der Waals surface area contributed by atoms with Crippen molar-refractivity contribution >= 4 is 76.2 Å². The van der Waals surface area contributed by atoms with Crippen molar-refractivity contribution < 1.29 is 0 Å². The SMILES string of the molecule is Cc1nc2cccc(-c3c4cccc(-c5cccc6c5c5ccccc5n6-c5ccccc5)c4cc4c(-c5cccc6c5c5ccccc5n6-c5ccccc5)cccc34)c2n1-c1ccccc1. The number of nitrogens with zero attached hydrogens (tertiary/aromatic N) is 4. The normalized spacial score (nSPS) is 11.9. The van der Waals surface area contributed by atoms with Gasteiger partial charge in [-0.25, -0.2) is 4.98 Å². The third kappa shape index (κ3) is 5.58. The van der Waals surface area contributed by atoms with E-state index in [1.54, 1.807) is 0 Å². The molecule has 0 saturated carbocycles. The molecule has 0 bridgehead atoms. The predicted octanol–water partition coefficient (Wildman–Crippen LogP) is 16.8. The Bertz CT molecular complexity index is 4090. The Morgan fingerprint density at radius 2 is 0.676 bits per heavy atom. The molecule has 3 heterocycles. The summed E-state index contributed by atoms with van der Waals surface area (Å²) in [5.41, 5.74) is 17.3. The molecule has 4 nitrogen and oxygen atoms in total. The average molecular weight is 867 g/mol. The Morgan fingerprint density at radius 3 is 1.19 bits per heavy atom. The van der Waals surface area contributed by atoms with E-state index in [-0.39, 0.29) is 0 Å². The molecule has 0 aliphatic rings. The molecular weight excluding hydrogens is 825 g/mol. The zero-order valence-corrected chi connectivity index (χ0v) is 37.3. The van der Waals surface area contributed by atoms with Crippen molar-refractivity contribution in [2.24, 2.45) is 0 Å². The van der Waals surface area contributed by atoms with Crippen LogP contribution in [-0.4, -0.2) is 18.7 Å². The second kappa shape index (κ2) is 15.0. The molecule has 68 heavy (non-hydrogen) atoms. The first kappa shape index (κ1) is 38.3. The van der Waals surface area contributed by atoms with Crippen LogP contribution in [0.25, 0.3) is 127 Å². The van der Waals surface area contributed by atoms with Gasteiger partial charge in [-0.2, -0.15) is 0 Å². The van der Waals surface area contributed by atoms with Crippen molar-refractivity contribution in [2.75, 3.05) is 0 Å².